The minimum atomic E-state index is -3.11. The van der Waals surface area contributed by atoms with Gasteiger partial charge in [-0.15, -0.1) is 0 Å². The number of nitrogen functional groups attached to an aromatic ring is 1. The molecule has 0 saturated carbocycles. The number of hydrogen-bond donors (Lipinski definition) is 1. The van der Waals surface area contributed by atoms with Gasteiger partial charge in [0, 0.05) is 29.6 Å². The first-order chi connectivity index (χ1) is 10.1. The quantitative estimate of drug-likeness (QED) is 0.928. The van der Waals surface area contributed by atoms with Crippen molar-refractivity contribution in [2.24, 2.45) is 0 Å². The van der Waals surface area contributed by atoms with Crippen LogP contribution in [0.15, 0.2) is 24.7 Å². The molecule has 22 heavy (non-hydrogen) atoms. The van der Waals surface area contributed by atoms with E-state index in [0.717, 1.165) is 5.56 Å². The molecule has 2 aromatic heterocycles. The fourth-order valence-electron chi connectivity index (χ4n) is 2.10. The zero-order valence-corrected chi connectivity index (χ0v) is 14.0. The van der Waals surface area contributed by atoms with Crippen LogP contribution < -0.4 is 5.73 Å². The van der Waals surface area contributed by atoms with Gasteiger partial charge in [-0.05, 0) is 11.6 Å². The summed E-state index contributed by atoms with van der Waals surface area (Å²) >= 11 is 0. The molecular formula is C15H20N4O2S. The molecule has 0 radical (unpaired) electrons. The molecule has 2 aromatic rings. The van der Waals surface area contributed by atoms with Gasteiger partial charge >= 0.3 is 0 Å². The maximum atomic E-state index is 11.4. The summed E-state index contributed by atoms with van der Waals surface area (Å²) < 4.78 is 22.8. The zero-order chi connectivity index (χ0) is 16.5. The highest BCUT2D eigenvalue weighted by Crippen LogP contribution is 2.27. The second kappa shape index (κ2) is 5.64. The van der Waals surface area contributed by atoms with Crippen molar-refractivity contribution in [3.05, 3.63) is 35.9 Å². The van der Waals surface area contributed by atoms with Crippen molar-refractivity contribution in [1.82, 2.24) is 15.0 Å². The lowest BCUT2D eigenvalue weighted by atomic mass is 9.91. The Labute approximate surface area is 130 Å². The molecule has 2 N–H and O–H groups in total. The van der Waals surface area contributed by atoms with E-state index in [0.29, 0.717) is 22.8 Å². The Balaban J connectivity index is 2.47. The van der Waals surface area contributed by atoms with E-state index in [1.165, 1.54) is 6.26 Å². The first-order valence-corrected chi connectivity index (χ1v) is 8.87. The van der Waals surface area contributed by atoms with Crippen LogP contribution in [0.2, 0.25) is 0 Å². The van der Waals surface area contributed by atoms with E-state index < -0.39 is 9.84 Å². The van der Waals surface area contributed by atoms with Gasteiger partial charge in [0.2, 0.25) is 0 Å². The van der Waals surface area contributed by atoms with Crippen LogP contribution in [0, 0.1) is 0 Å². The van der Waals surface area contributed by atoms with Crippen molar-refractivity contribution < 1.29 is 8.42 Å². The second-order valence-corrected chi connectivity index (χ2v) is 8.53. The van der Waals surface area contributed by atoms with Crippen molar-refractivity contribution in [3.63, 3.8) is 0 Å². The van der Waals surface area contributed by atoms with Crippen LogP contribution in [0.25, 0.3) is 11.3 Å². The van der Waals surface area contributed by atoms with Gasteiger partial charge in [-0.3, -0.25) is 4.98 Å². The average Bonchev–Trinajstić information content (AvgIpc) is 2.36. The number of nitrogens with zero attached hydrogens (tertiary/aromatic N) is 3. The summed E-state index contributed by atoms with van der Waals surface area (Å²) in [5.74, 6) is 0.346. The lowest BCUT2D eigenvalue weighted by molar-refractivity contribution is 0.569. The van der Waals surface area contributed by atoms with E-state index in [9.17, 15) is 8.42 Å². The molecule has 0 fully saturated rings. The molecule has 6 nitrogen and oxygen atoms in total. The minimum absolute atomic E-state index is 0.0532. The molecule has 0 aromatic carbocycles. The highest BCUT2D eigenvalue weighted by atomic mass is 32.2. The number of sulfone groups is 1. The van der Waals surface area contributed by atoms with Crippen molar-refractivity contribution >= 4 is 15.7 Å². The molecule has 0 unspecified atom stereocenters. The maximum absolute atomic E-state index is 11.4. The maximum Gasteiger partial charge on any atom is 0.151 e. The SMILES string of the molecule is CC(C)(C)c1nc(-c2cncc(CS(C)(=O)=O)c2)cnc1N. The third-order valence-corrected chi connectivity index (χ3v) is 3.89. The Morgan fingerprint density at radius 1 is 1.18 bits per heavy atom. The number of anilines is 1. The number of pyridine rings is 1. The summed E-state index contributed by atoms with van der Waals surface area (Å²) in [4.78, 5) is 12.9. The number of aromatic nitrogens is 3. The van der Waals surface area contributed by atoms with Gasteiger partial charge in [0.05, 0.1) is 23.3 Å². The summed E-state index contributed by atoms with van der Waals surface area (Å²) in [5, 5.41) is 0. The largest absolute Gasteiger partial charge is 0.382 e. The second-order valence-electron chi connectivity index (χ2n) is 6.39. The third kappa shape index (κ3) is 4.00. The van der Waals surface area contributed by atoms with E-state index in [1.807, 2.05) is 20.8 Å². The van der Waals surface area contributed by atoms with Gasteiger partial charge in [0.25, 0.3) is 0 Å². The number of nitrogens with two attached hydrogens (primary N) is 1. The third-order valence-electron chi connectivity index (χ3n) is 3.03. The molecule has 0 atom stereocenters. The first-order valence-electron chi connectivity index (χ1n) is 6.81. The van der Waals surface area contributed by atoms with Crippen LogP contribution >= 0.6 is 0 Å². The molecule has 0 spiro atoms. The lowest BCUT2D eigenvalue weighted by Crippen LogP contribution is -2.17. The van der Waals surface area contributed by atoms with Crippen LogP contribution in [0.1, 0.15) is 32.0 Å². The van der Waals surface area contributed by atoms with Gasteiger partial charge in [-0.2, -0.15) is 0 Å². The molecule has 0 aliphatic carbocycles. The summed E-state index contributed by atoms with van der Waals surface area (Å²) in [6, 6.07) is 1.76. The Hall–Kier alpha value is -2.02. The molecule has 7 heteroatoms. The van der Waals surface area contributed by atoms with E-state index in [4.69, 9.17) is 5.73 Å². The molecule has 2 heterocycles. The zero-order valence-electron chi connectivity index (χ0n) is 13.2. The van der Waals surface area contributed by atoms with Crippen LogP contribution in [0.4, 0.5) is 5.82 Å². The fourth-order valence-corrected chi connectivity index (χ4v) is 2.86. The van der Waals surface area contributed by atoms with Crippen molar-refractivity contribution in [2.45, 2.75) is 31.9 Å². The molecule has 0 bridgehead atoms. The summed E-state index contributed by atoms with van der Waals surface area (Å²) in [5.41, 5.74) is 8.34. The summed E-state index contributed by atoms with van der Waals surface area (Å²) in [6.45, 7) is 6.03. The van der Waals surface area contributed by atoms with E-state index in [-0.39, 0.29) is 11.2 Å². The Morgan fingerprint density at radius 3 is 2.45 bits per heavy atom. The summed E-state index contributed by atoms with van der Waals surface area (Å²) in [7, 11) is -3.11. The van der Waals surface area contributed by atoms with Gasteiger partial charge in [-0.25, -0.2) is 18.4 Å². The predicted octanol–water partition coefficient (Wildman–Crippen LogP) is 1.96. The van der Waals surface area contributed by atoms with Gasteiger partial charge in [0.1, 0.15) is 5.82 Å². The molecule has 118 valence electrons. The van der Waals surface area contributed by atoms with Gasteiger partial charge in [0.15, 0.2) is 9.84 Å². The van der Waals surface area contributed by atoms with Crippen molar-refractivity contribution in [3.8, 4) is 11.3 Å². The molecule has 2 rings (SSSR count). The normalized spacial score (nSPS) is 12.4. The van der Waals surface area contributed by atoms with E-state index in [1.54, 1.807) is 24.7 Å². The summed E-state index contributed by atoms with van der Waals surface area (Å²) in [6.07, 6.45) is 5.95. The lowest BCUT2D eigenvalue weighted by Gasteiger charge is -2.19. The first kappa shape index (κ1) is 16.4. The highest BCUT2D eigenvalue weighted by molar-refractivity contribution is 7.89. The topological polar surface area (TPSA) is 98.8 Å². The standard InChI is InChI=1S/C15H20N4O2S/c1-15(2,3)13-14(16)18-8-12(19-13)11-5-10(6-17-7-11)9-22(4,20)21/h5-8H,9H2,1-4H3,(H2,16,18). The van der Waals surface area contributed by atoms with Crippen LogP contribution in [0.5, 0.6) is 0 Å². The fraction of sp³-hybridized carbons (Fsp3) is 0.400. The molecular weight excluding hydrogens is 300 g/mol. The highest BCUT2D eigenvalue weighted by Gasteiger charge is 2.20. The minimum Gasteiger partial charge on any atom is -0.382 e. The molecule has 0 aliphatic heterocycles. The predicted molar refractivity (Wildman–Crippen MR) is 86.9 cm³/mol. The van der Waals surface area contributed by atoms with Gasteiger partial charge < -0.3 is 5.73 Å². The van der Waals surface area contributed by atoms with E-state index in [2.05, 4.69) is 15.0 Å². The number of hydrogen-bond acceptors (Lipinski definition) is 6. The number of rotatable bonds is 3. The van der Waals surface area contributed by atoms with Gasteiger partial charge in [-0.1, -0.05) is 20.8 Å². The molecule has 0 amide bonds. The molecule has 0 aliphatic rings. The van der Waals surface area contributed by atoms with Crippen LogP contribution in [0.3, 0.4) is 0 Å². The van der Waals surface area contributed by atoms with Crippen molar-refractivity contribution in [2.75, 3.05) is 12.0 Å². The Kier molecular flexibility index (Phi) is 4.19. The monoisotopic (exact) mass is 320 g/mol. The average molecular weight is 320 g/mol. The van der Waals surface area contributed by atoms with Crippen LogP contribution in [-0.2, 0) is 21.0 Å². The van der Waals surface area contributed by atoms with E-state index >= 15 is 0 Å². The van der Waals surface area contributed by atoms with Crippen molar-refractivity contribution in [1.29, 1.82) is 0 Å². The smallest absolute Gasteiger partial charge is 0.151 e. The Morgan fingerprint density at radius 2 is 1.86 bits per heavy atom. The Bertz CT molecular complexity index is 795. The molecule has 0 saturated heterocycles. The van der Waals surface area contributed by atoms with Crippen LogP contribution in [-0.4, -0.2) is 29.6 Å².